The van der Waals surface area contributed by atoms with E-state index < -0.39 is 26.6 Å². The SMILES string of the molecule is CN(C)C(=O)C=O.Cc1ccc(-c2cn3cc(C)ccc3n2)cc1.Cc1ccc(-c2nc3ccc(C)cn3c2C(Cl)C(=O)N(C)C)cc1.Cc1ccc(-c2nc3ccc(C)cn3c2C(O)C(=O)N(C)C)cc1.Cc1ccc(-c2nc3ccc(C)cn3c2CC(=O)N(C)C)cc1.O=S(Cl)Cl. The van der Waals surface area contributed by atoms with E-state index in [2.05, 4.69) is 123 Å². The molecule has 99 heavy (non-hydrogen) atoms. The number of aromatic nitrogens is 8. The third-order valence-corrected chi connectivity index (χ3v) is 16.0. The van der Waals surface area contributed by atoms with Crippen molar-refractivity contribution in [3.8, 4) is 45.0 Å². The van der Waals surface area contributed by atoms with Crippen molar-refractivity contribution < 1.29 is 33.3 Å². The number of imidazole rings is 4. The van der Waals surface area contributed by atoms with Crippen molar-refractivity contribution >= 4 is 94.7 Å². The maximum atomic E-state index is 12.5. The van der Waals surface area contributed by atoms with Gasteiger partial charge in [-0.05, 0) is 102 Å². The third kappa shape index (κ3) is 20.2. The molecule has 4 amide bonds. The fourth-order valence-electron chi connectivity index (χ4n) is 10.1. The van der Waals surface area contributed by atoms with Crippen LogP contribution in [0.4, 0.5) is 0 Å². The van der Waals surface area contributed by atoms with Gasteiger partial charge in [0.25, 0.3) is 11.8 Å². The highest BCUT2D eigenvalue weighted by molar-refractivity contribution is 8.26. The topological polar surface area (TPSA) is 205 Å². The highest BCUT2D eigenvalue weighted by Gasteiger charge is 2.30. The van der Waals surface area contributed by atoms with E-state index in [0.29, 0.717) is 29.1 Å². The molecule has 0 aliphatic carbocycles. The summed E-state index contributed by atoms with van der Waals surface area (Å²) in [6.07, 6.45) is 9.41. The van der Waals surface area contributed by atoms with Crippen molar-refractivity contribution in [1.29, 1.82) is 0 Å². The number of aryl methyl sites for hydroxylation is 8. The first-order valence-corrected chi connectivity index (χ1v) is 34.6. The number of nitrogens with zero attached hydrogens (tertiary/aromatic N) is 12. The summed E-state index contributed by atoms with van der Waals surface area (Å²) in [5, 5.41) is 9.88. The van der Waals surface area contributed by atoms with E-state index in [1.165, 1.54) is 51.0 Å². The van der Waals surface area contributed by atoms with Gasteiger partial charge in [-0.2, -0.15) is 0 Å². The molecule has 2 atom stereocenters. The third-order valence-electron chi connectivity index (χ3n) is 15.6. The van der Waals surface area contributed by atoms with Crippen LogP contribution in [0.15, 0.2) is 177 Å². The molecule has 1 N–H and O–H groups in total. The lowest BCUT2D eigenvalue weighted by atomic mass is 10.1. The van der Waals surface area contributed by atoms with E-state index in [4.69, 9.17) is 25.8 Å². The summed E-state index contributed by atoms with van der Waals surface area (Å²) in [5.74, 6) is -0.957. The molecule has 0 saturated carbocycles. The van der Waals surface area contributed by atoms with Gasteiger partial charge in [-0.3, -0.25) is 28.4 Å². The number of fused-ring (bicyclic) bond motifs is 4. The number of benzene rings is 4. The Balaban J connectivity index is 0.000000177. The number of pyridine rings is 4. The van der Waals surface area contributed by atoms with Crippen molar-refractivity contribution in [2.45, 2.75) is 73.3 Å². The molecule has 19 nitrogen and oxygen atoms in total. The number of aliphatic hydroxyl groups is 1. The van der Waals surface area contributed by atoms with Crippen LogP contribution < -0.4 is 0 Å². The average Bonchev–Trinajstić information content (AvgIpc) is 1.64. The fourth-order valence-corrected chi connectivity index (χ4v) is 10.5. The first kappa shape index (κ1) is 76.5. The quantitative estimate of drug-likeness (QED) is 0.0558. The van der Waals surface area contributed by atoms with Crippen LogP contribution >= 0.6 is 33.0 Å². The van der Waals surface area contributed by atoms with Crippen LogP contribution in [-0.2, 0) is 39.6 Å². The molecular weight excluding hydrogens is 1330 g/mol. The minimum atomic E-state index is -1.67. The van der Waals surface area contributed by atoms with E-state index in [1.54, 1.807) is 51.6 Å². The number of likely N-dealkylation sites (N-methyl/N-ethyl adjacent to an activating group) is 4. The summed E-state index contributed by atoms with van der Waals surface area (Å²) in [4.78, 5) is 81.2. The van der Waals surface area contributed by atoms with Crippen molar-refractivity contribution in [2.75, 3.05) is 56.4 Å². The molecule has 4 aromatic carbocycles. The number of alkyl halides is 1. The lowest BCUT2D eigenvalue weighted by Gasteiger charge is -2.17. The Morgan fingerprint density at radius 3 is 1.17 bits per heavy atom. The Bertz CT molecular complexity index is 4670. The Morgan fingerprint density at radius 1 is 0.434 bits per heavy atom. The maximum Gasteiger partial charge on any atom is 0.286 e. The smallest absolute Gasteiger partial charge is 0.286 e. The van der Waals surface area contributed by atoms with Gasteiger partial charge in [0.2, 0.25) is 27.3 Å². The molecule has 0 radical (unpaired) electrons. The maximum absolute atomic E-state index is 12.5. The van der Waals surface area contributed by atoms with Crippen LogP contribution in [-0.4, -0.2) is 153 Å². The number of hydrogen-bond donors (Lipinski definition) is 1. The van der Waals surface area contributed by atoms with E-state index >= 15 is 0 Å². The molecule has 516 valence electrons. The number of rotatable bonds is 11. The molecule has 2 unspecified atom stereocenters. The Kier molecular flexibility index (Phi) is 26.7. The van der Waals surface area contributed by atoms with Gasteiger partial charge in [0.15, 0.2) is 11.5 Å². The van der Waals surface area contributed by atoms with Crippen LogP contribution in [0.1, 0.15) is 73.1 Å². The summed E-state index contributed by atoms with van der Waals surface area (Å²) in [6.45, 7) is 16.3. The Labute approximate surface area is 594 Å². The molecule has 12 aromatic rings. The van der Waals surface area contributed by atoms with Gasteiger partial charge in [0, 0.05) is 131 Å². The second-order valence-corrected chi connectivity index (χ2v) is 27.7. The van der Waals surface area contributed by atoms with Gasteiger partial charge < -0.3 is 37.9 Å². The van der Waals surface area contributed by atoms with E-state index in [1.807, 2.05) is 153 Å². The van der Waals surface area contributed by atoms with Gasteiger partial charge in [0.05, 0.1) is 46.3 Å². The second-order valence-electron chi connectivity index (χ2n) is 24.7. The molecule has 0 spiro atoms. The zero-order chi connectivity index (χ0) is 72.7. The Hall–Kier alpha value is -9.83. The monoisotopic (exact) mass is 1410 g/mol. The molecule has 0 saturated heterocycles. The summed E-state index contributed by atoms with van der Waals surface area (Å²) < 4.78 is 16.9. The molecule has 23 heteroatoms. The highest BCUT2D eigenvalue weighted by Crippen LogP contribution is 2.35. The lowest BCUT2D eigenvalue weighted by Crippen LogP contribution is -2.29. The van der Waals surface area contributed by atoms with E-state index in [0.717, 1.165) is 84.2 Å². The minimum Gasteiger partial charge on any atom is -0.377 e. The van der Waals surface area contributed by atoms with Crippen molar-refractivity contribution in [3.05, 3.63) is 238 Å². The zero-order valence-electron chi connectivity index (χ0n) is 58.5. The number of aldehydes is 1. The molecule has 0 fully saturated rings. The van der Waals surface area contributed by atoms with Gasteiger partial charge in [-0.15, -0.1) is 11.6 Å². The van der Waals surface area contributed by atoms with E-state index in [-0.39, 0.29) is 24.0 Å². The second kappa shape index (κ2) is 34.6. The summed E-state index contributed by atoms with van der Waals surface area (Å²) in [6, 6.07) is 48.7. The zero-order valence-corrected chi connectivity index (χ0v) is 61.6. The van der Waals surface area contributed by atoms with Crippen LogP contribution in [0.5, 0.6) is 0 Å². The molecule has 0 bridgehead atoms. The predicted molar refractivity (Wildman–Crippen MR) is 398 cm³/mol. The summed E-state index contributed by atoms with van der Waals surface area (Å²) in [7, 11) is 20.6. The van der Waals surface area contributed by atoms with Crippen LogP contribution in [0.3, 0.4) is 0 Å². The van der Waals surface area contributed by atoms with Gasteiger partial charge in [-0.1, -0.05) is 144 Å². The molecule has 0 aliphatic rings. The summed E-state index contributed by atoms with van der Waals surface area (Å²) in [5.41, 5.74) is 22.1. The van der Waals surface area contributed by atoms with Crippen LogP contribution in [0, 0.1) is 55.4 Å². The molecule has 0 aliphatic heterocycles. The normalized spacial score (nSPS) is 11.3. The van der Waals surface area contributed by atoms with Crippen LogP contribution in [0.2, 0.25) is 0 Å². The lowest BCUT2D eigenvalue weighted by molar-refractivity contribution is -0.138. The minimum absolute atomic E-state index is 0.0710. The van der Waals surface area contributed by atoms with Crippen molar-refractivity contribution in [1.82, 2.24) is 57.1 Å². The fraction of sp³-hybridized carbons (Fsp3) is 0.250. The van der Waals surface area contributed by atoms with Gasteiger partial charge in [0.1, 0.15) is 22.6 Å². The first-order valence-electron chi connectivity index (χ1n) is 31.4. The summed E-state index contributed by atoms with van der Waals surface area (Å²) >= 11 is 6.56. The van der Waals surface area contributed by atoms with Crippen LogP contribution in [0.25, 0.3) is 67.6 Å². The number of carbonyl (C=O) groups is 5. The molecular formula is C76H83Cl3N12O7S. The van der Waals surface area contributed by atoms with Gasteiger partial charge >= 0.3 is 0 Å². The first-order chi connectivity index (χ1) is 46.8. The molecule has 8 aromatic heterocycles. The highest BCUT2D eigenvalue weighted by atomic mass is 36.0. The number of hydrogen-bond acceptors (Lipinski definition) is 11. The molecule has 12 rings (SSSR count). The number of aliphatic hydroxyl groups excluding tert-OH is 1. The Morgan fingerprint density at radius 2 is 0.778 bits per heavy atom. The average molecular weight is 1420 g/mol. The number of carbonyl (C=O) groups excluding carboxylic acids is 5. The van der Waals surface area contributed by atoms with Crippen molar-refractivity contribution in [3.63, 3.8) is 0 Å². The van der Waals surface area contributed by atoms with Crippen molar-refractivity contribution in [2.24, 2.45) is 0 Å². The number of amides is 4. The predicted octanol–water partition coefficient (Wildman–Crippen LogP) is 13.9. The standard InChI is InChI=1S/C19H20ClN3O.C19H21N3O2.C19H21N3O.C15H14N2.C4H7NO2.Cl2OS/c1-12-5-8-14(9-6-12)17-18(16(20)19(24)22(3)4)23-11-13(2)7-10-15(23)21-17;1-12-5-8-14(9-6-12)16-17(18(23)19(24)21(3)4)22-11-13(2)7-10-15(22)20-16;1-13-5-8-15(9-6-13)19-16(11-18(23)21(3)4)22-12-14(2)7-10-17(22)20-19;1-11-3-6-13(7-4-11)14-10-17-9-12(2)5-8-15(17)16-14;1-5(2)4(7)3-6;1-4(2)3/h5-11,16H,1-4H3;5-11,18,23H,1-4H3;5-10,12H,11H2,1-4H3;3-10H,1-2H3;3H,1-2H3;. The largest absolute Gasteiger partial charge is 0.377 e. The molecule has 8 heterocycles. The number of halogens is 3. The van der Waals surface area contributed by atoms with E-state index in [9.17, 15) is 29.1 Å². The van der Waals surface area contributed by atoms with Gasteiger partial charge in [-0.25, -0.2) is 24.1 Å².